The van der Waals surface area contributed by atoms with Crippen LogP contribution in [0.25, 0.3) is 0 Å². The van der Waals surface area contributed by atoms with E-state index in [0.29, 0.717) is 0 Å². The van der Waals surface area contributed by atoms with Gasteiger partial charge in [0, 0.05) is 0 Å². The van der Waals surface area contributed by atoms with Crippen molar-refractivity contribution in [3.05, 3.63) is 34.9 Å². The fraction of sp³-hybridized carbons (Fsp3) is 0.400. The van der Waals surface area contributed by atoms with Gasteiger partial charge in [-0.25, -0.2) is 0 Å². The van der Waals surface area contributed by atoms with Crippen LogP contribution < -0.4 is 5.14 Å². The molecular formula is C10H17NS. The zero-order valence-electron chi connectivity index (χ0n) is 8.22. The molecule has 0 aromatic heterocycles. The van der Waals surface area contributed by atoms with Crippen LogP contribution in [0.3, 0.4) is 0 Å². The van der Waals surface area contributed by atoms with Gasteiger partial charge < -0.3 is 0 Å². The summed E-state index contributed by atoms with van der Waals surface area (Å²) >= 11 is 1.25. The van der Waals surface area contributed by atoms with E-state index in [1.165, 1.54) is 28.6 Å². The van der Waals surface area contributed by atoms with Crippen molar-refractivity contribution in [3.63, 3.8) is 0 Å². The molecule has 1 aromatic carbocycles. The van der Waals surface area contributed by atoms with E-state index in [1.54, 1.807) is 0 Å². The molecule has 0 amide bonds. The van der Waals surface area contributed by atoms with Crippen molar-refractivity contribution >= 4 is 11.9 Å². The molecule has 0 aliphatic heterocycles. The van der Waals surface area contributed by atoms with Gasteiger partial charge in [0.15, 0.2) is 0 Å². The highest BCUT2D eigenvalue weighted by Crippen LogP contribution is 2.06. The second kappa shape index (κ2) is 6.09. The van der Waals surface area contributed by atoms with Crippen molar-refractivity contribution in [2.75, 3.05) is 6.26 Å². The zero-order chi connectivity index (χ0) is 9.56. The average molecular weight is 183 g/mol. The van der Waals surface area contributed by atoms with E-state index >= 15 is 0 Å². The first kappa shape index (κ1) is 11.5. The van der Waals surface area contributed by atoms with Gasteiger partial charge in [0.25, 0.3) is 0 Å². The Morgan fingerprint density at radius 2 is 1.08 bits per heavy atom. The lowest BCUT2D eigenvalue weighted by Gasteiger charge is -1.96. The maximum atomic E-state index is 4.76. The third-order valence-electron chi connectivity index (χ3n) is 1.37. The number of nitrogens with two attached hydrogens (primary N) is 1. The highest BCUT2D eigenvalue weighted by Gasteiger charge is 1.87. The fourth-order valence-corrected chi connectivity index (χ4v) is 1.20. The Hall–Kier alpha value is -0.470. The summed E-state index contributed by atoms with van der Waals surface area (Å²) in [5.74, 6) is 0. The van der Waals surface area contributed by atoms with Crippen LogP contribution in [0.5, 0.6) is 0 Å². The summed E-state index contributed by atoms with van der Waals surface area (Å²) in [6, 6.07) is 6.56. The number of rotatable bonds is 0. The summed E-state index contributed by atoms with van der Waals surface area (Å²) in [4.78, 5) is 0. The molecule has 0 aliphatic rings. The number of hydrogen-bond acceptors (Lipinski definition) is 2. The summed E-state index contributed by atoms with van der Waals surface area (Å²) in [5.41, 5.74) is 4.06. The molecule has 1 rings (SSSR count). The molecule has 0 fully saturated rings. The standard InChI is InChI=1S/C9H12.CH5NS/c1-7-4-8(2)6-9(3)5-7;1-3-2/h4-6H,1-3H3;2H2,1H3. The highest BCUT2D eigenvalue weighted by atomic mass is 32.2. The zero-order valence-corrected chi connectivity index (χ0v) is 9.03. The summed E-state index contributed by atoms with van der Waals surface area (Å²) in [6.45, 7) is 6.38. The van der Waals surface area contributed by atoms with Crippen LogP contribution in [-0.4, -0.2) is 6.26 Å². The number of aryl methyl sites for hydroxylation is 3. The topological polar surface area (TPSA) is 26.0 Å². The van der Waals surface area contributed by atoms with Gasteiger partial charge in [0.1, 0.15) is 0 Å². The van der Waals surface area contributed by atoms with Crippen LogP contribution in [0.15, 0.2) is 18.2 Å². The minimum Gasteiger partial charge on any atom is -0.278 e. The van der Waals surface area contributed by atoms with Gasteiger partial charge in [-0.1, -0.05) is 46.8 Å². The Morgan fingerprint density at radius 1 is 0.917 bits per heavy atom. The molecule has 12 heavy (non-hydrogen) atoms. The second-order valence-electron chi connectivity index (χ2n) is 2.90. The van der Waals surface area contributed by atoms with Crippen molar-refractivity contribution in [1.82, 2.24) is 0 Å². The van der Waals surface area contributed by atoms with Gasteiger partial charge >= 0.3 is 0 Å². The van der Waals surface area contributed by atoms with E-state index in [4.69, 9.17) is 5.14 Å². The molecular weight excluding hydrogens is 166 g/mol. The lowest BCUT2D eigenvalue weighted by molar-refractivity contribution is 1.32. The normalized spacial score (nSPS) is 8.75. The van der Waals surface area contributed by atoms with Crippen molar-refractivity contribution < 1.29 is 0 Å². The molecule has 1 aromatic rings. The average Bonchev–Trinajstić information content (AvgIpc) is 1.84. The van der Waals surface area contributed by atoms with Crippen molar-refractivity contribution in [1.29, 1.82) is 0 Å². The molecule has 1 nitrogen and oxygen atoms in total. The molecule has 0 saturated heterocycles. The summed E-state index contributed by atoms with van der Waals surface area (Å²) in [7, 11) is 0. The predicted octanol–water partition coefficient (Wildman–Crippen LogP) is 2.83. The van der Waals surface area contributed by atoms with E-state index < -0.39 is 0 Å². The van der Waals surface area contributed by atoms with E-state index in [9.17, 15) is 0 Å². The summed E-state index contributed by atoms with van der Waals surface area (Å²) in [5, 5.41) is 4.76. The van der Waals surface area contributed by atoms with Crippen LogP contribution in [0.1, 0.15) is 16.7 Å². The monoisotopic (exact) mass is 183 g/mol. The molecule has 0 heterocycles. The molecule has 0 unspecified atom stereocenters. The van der Waals surface area contributed by atoms with Gasteiger partial charge in [-0.2, -0.15) is 0 Å². The van der Waals surface area contributed by atoms with Crippen molar-refractivity contribution in [2.24, 2.45) is 5.14 Å². The fourth-order valence-electron chi connectivity index (χ4n) is 1.20. The largest absolute Gasteiger partial charge is 0.278 e. The molecule has 0 spiro atoms. The first-order chi connectivity index (χ1) is 5.60. The van der Waals surface area contributed by atoms with Crippen LogP contribution in [-0.2, 0) is 0 Å². The van der Waals surface area contributed by atoms with Gasteiger partial charge in [-0.15, -0.1) is 0 Å². The lowest BCUT2D eigenvalue weighted by atomic mass is 10.1. The van der Waals surface area contributed by atoms with Crippen LogP contribution in [0.4, 0.5) is 0 Å². The quantitative estimate of drug-likeness (QED) is 0.626. The third kappa shape index (κ3) is 5.22. The Bertz CT molecular complexity index is 183. The van der Waals surface area contributed by atoms with Crippen LogP contribution >= 0.6 is 11.9 Å². The van der Waals surface area contributed by atoms with E-state index in [0.717, 1.165) is 0 Å². The summed E-state index contributed by atoms with van der Waals surface area (Å²) in [6.07, 6.45) is 1.82. The Labute approximate surface area is 79.5 Å². The number of hydrogen-bond donors (Lipinski definition) is 1. The summed E-state index contributed by atoms with van der Waals surface area (Å²) < 4.78 is 0. The van der Waals surface area contributed by atoms with Gasteiger partial charge in [0.05, 0.1) is 0 Å². The first-order valence-corrected chi connectivity index (χ1v) is 5.16. The Kier molecular flexibility index (Phi) is 5.85. The third-order valence-corrected chi connectivity index (χ3v) is 1.37. The van der Waals surface area contributed by atoms with Gasteiger partial charge in [-0.05, 0) is 27.0 Å². The minimum atomic E-state index is 1.25. The Morgan fingerprint density at radius 3 is 1.25 bits per heavy atom. The minimum absolute atomic E-state index is 1.25. The molecule has 0 atom stereocenters. The van der Waals surface area contributed by atoms with Crippen molar-refractivity contribution in [2.45, 2.75) is 20.8 Å². The van der Waals surface area contributed by atoms with Gasteiger partial charge in [0.2, 0.25) is 0 Å². The maximum absolute atomic E-state index is 4.76. The molecule has 2 heteroatoms. The smallest absolute Gasteiger partial charge is 0.00394 e. The Balaban J connectivity index is 0.000000354. The van der Waals surface area contributed by atoms with Crippen LogP contribution in [0, 0.1) is 20.8 Å². The van der Waals surface area contributed by atoms with E-state index in [2.05, 4.69) is 39.0 Å². The molecule has 0 saturated carbocycles. The van der Waals surface area contributed by atoms with Gasteiger partial charge in [-0.3, -0.25) is 5.14 Å². The lowest BCUT2D eigenvalue weighted by Crippen LogP contribution is -1.78. The molecule has 68 valence electrons. The highest BCUT2D eigenvalue weighted by molar-refractivity contribution is 7.96. The molecule has 0 aliphatic carbocycles. The first-order valence-electron chi connectivity index (χ1n) is 3.88. The van der Waals surface area contributed by atoms with E-state index in [1.807, 2.05) is 6.26 Å². The molecule has 2 N–H and O–H groups in total. The molecule has 0 radical (unpaired) electrons. The number of benzene rings is 1. The predicted molar refractivity (Wildman–Crippen MR) is 58.4 cm³/mol. The van der Waals surface area contributed by atoms with E-state index in [-0.39, 0.29) is 0 Å². The van der Waals surface area contributed by atoms with Crippen LogP contribution in [0.2, 0.25) is 0 Å². The SMILES string of the molecule is CSN.Cc1cc(C)cc(C)c1. The van der Waals surface area contributed by atoms with Crippen molar-refractivity contribution in [3.8, 4) is 0 Å². The molecule has 0 bridgehead atoms. The maximum Gasteiger partial charge on any atom is -0.00394 e. The second-order valence-corrected chi connectivity index (χ2v) is 3.37.